The first-order valence-electron chi connectivity index (χ1n) is 14.6. The second-order valence-electron chi connectivity index (χ2n) is 11.5. The molecule has 2 aromatic carbocycles. The van der Waals surface area contributed by atoms with Crippen molar-refractivity contribution in [2.24, 2.45) is 11.8 Å². The van der Waals surface area contributed by atoms with Crippen molar-refractivity contribution in [1.29, 1.82) is 0 Å². The molecule has 0 bridgehead atoms. The van der Waals surface area contributed by atoms with Gasteiger partial charge in [-0.25, -0.2) is 8.42 Å². The normalized spacial score (nSPS) is 22.5. The van der Waals surface area contributed by atoms with Crippen molar-refractivity contribution in [1.82, 2.24) is 14.5 Å². The van der Waals surface area contributed by atoms with Gasteiger partial charge in [-0.1, -0.05) is 36.6 Å². The van der Waals surface area contributed by atoms with Gasteiger partial charge in [0.05, 0.1) is 18.6 Å². The van der Waals surface area contributed by atoms with Crippen LogP contribution in [-0.4, -0.2) is 77.1 Å². The number of hydrogen-bond acceptors (Lipinski definition) is 6. The van der Waals surface area contributed by atoms with E-state index in [1.165, 1.54) is 22.7 Å². The summed E-state index contributed by atoms with van der Waals surface area (Å²) in [6.07, 6.45) is 7.11. The molecule has 226 valence electrons. The van der Waals surface area contributed by atoms with Gasteiger partial charge < -0.3 is 19.7 Å². The number of sulfonamides is 1. The van der Waals surface area contributed by atoms with Crippen LogP contribution in [0.4, 0.5) is 0 Å². The lowest BCUT2D eigenvalue weighted by Crippen LogP contribution is -2.39. The minimum absolute atomic E-state index is 0.0642. The van der Waals surface area contributed by atoms with E-state index in [9.17, 15) is 13.2 Å². The maximum absolute atomic E-state index is 13.2. The molecule has 2 aliphatic rings. The third kappa shape index (κ3) is 8.45. The molecule has 41 heavy (non-hydrogen) atoms. The molecule has 1 saturated heterocycles. The first-order chi connectivity index (χ1) is 19.7. The number of halogens is 1. The van der Waals surface area contributed by atoms with E-state index in [0.717, 1.165) is 30.7 Å². The number of hydrogen-bond donors (Lipinski definition) is 1. The molecule has 0 aromatic heterocycles. The SMILES string of the molecule is COc1ccc(S(=O)(=O)N2CCCC2COCC(=O)NCCC2CCC(C(c3ccc(Cl)cc3)N(C)C)CC2)cc1. The maximum atomic E-state index is 13.2. The van der Waals surface area contributed by atoms with Crippen LogP contribution in [-0.2, 0) is 19.6 Å². The lowest BCUT2D eigenvalue weighted by Gasteiger charge is -2.37. The summed E-state index contributed by atoms with van der Waals surface area (Å²) in [5.41, 5.74) is 1.31. The van der Waals surface area contributed by atoms with Crippen molar-refractivity contribution < 1.29 is 22.7 Å². The molecule has 8 nitrogen and oxygen atoms in total. The van der Waals surface area contributed by atoms with Gasteiger partial charge in [0.15, 0.2) is 0 Å². The van der Waals surface area contributed by atoms with E-state index in [2.05, 4.69) is 36.4 Å². The molecule has 1 heterocycles. The van der Waals surface area contributed by atoms with Gasteiger partial charge in [0.2, 0.25) is 15.9 Å². The van der Waals surface area contributed by atoms with E-state index < -0.39 is 10.0 Å². The Kier molecular flexibility index (Phi) is 11.5. The van der Waals surface area contributed by atoms with E-state index in [1.54, 1.807) is 31.4 Å². The van der Waals surface area contributed by atoms with Crippen LogP contribution in [0.3, 0.4) is 0 Å². The summed E-state index contributed by atoms with van der Waals surface area (Å²) in [7, 11) is 2.20. The smallest absolute Gasteiger partial charge is 0.245 e. The van der Waals surface area contributed by atoms with Crippen LogP contribution in [0.5, 0.6) is 5.75 Å². The highest BCUT2D eigenvalue weighted by molar-refractivity contribution is 7.89. The number of carbonyl (C=O) groups is 1. The molecule has 2 aromatic rings. The molecule has 1 N–H and O–H groups in total. The minimum Gasteiger partial charge on any atom is -0.497 e. The number of carbonyl (C=O) groups excluding carboxylic acids is 1. The second kappa shape index (κ2) is 14.8. The third-order valence-corrected chi connectivity index (χ3v) is 10.7. The Morgan fingerprint density at radius 2 is 1.73 bits per heavy atom. The third-order valence-electron chi connectivity index (χ3n) is 8.51. The summed E-state index contributed by atoms with van der Waals surface area (Å²) >= 11 is 6.10. The number of amides is 1. The van der Waals surface area contributed by atoms with Crippen LogP contribution in [0.2, 0.25) is 5.02 Å². The van der Waals surface area contributed by atoms with Crippen molar-refractivity contribution >= 4 is 27.5 Å². The van der Waals surface area contributed by atoms with Gasteiger partial charge >= 0.3 is 0 Å². The highest BCUT2D eigenvalue weighted by Crippen LogP contribution is 2.40. The number of rotatable bonds is 13. The summed E-state index contributed by atoms with van der Waals surface area (Å²) in [6.45, 7) is 1.22. The molecule has 1 aliphatic heterocycles. The van der Waals surface area contributed by atoms with E-state index in [4.69, 9.17) is 21.1 Å². The average molecular weight is 606 g/mol. The maximum Gasteiger partial charge on any atom is 0.245 e. The zero-order valence-electron chi connectivity index (χ0n) is 24.4. The first-order valence-corrected chi connectivity index (χ1v) is 16.4. The Bertz CT molecular complexity index is 1220. The average Bonchev–Trinajstić information content (AvgIpc) is 3.44. The second-order valence-corrected chi connectivity index (χ2v) is 13.8. The molecular weight excluding hydrogens is 562 g/mol. The molecule has 1 aliphatic carbocycles. The number of nitrogens with zero attached hydrogens (tertiary/aromatic N) is 2. The lowest BCUT2D eigenvalue weighted by molar-refractivity contribution is -0.126. The summed E-state index contributed by atoms with van der Waals surface area (Å²) in [4.78, 5) is 15.0. The molecular formula is C31H44ClN3O5S. The van der Waals surface area contributed by atoms with Crippen molar-refractivity contribution in [2.45, 2.75) is 61.9 Å². The molecule has 2 atom stereocenters. The molecule has 1 saturated carbocycles. The zero-order valence-corrected chi connectivity index (χ0v) is 26.0. The zero-order chi connectivity index (χ0) is 29.4. The Balaban J connectivity index is 1.15. The lowest BCUT2D eigenvalue weighted by atomic mass is 9.75. The Morgan fingerprint density at radius 3 is 2.37 bits per heavy atom. The molecule has 0 radical (unpaired) electrons. The topological polar surface area (TPSA) is 88.2 Å². The molecule has 2 fully saturated rings. The fourth-order valence-corrected chi connectivity index (χ4v) is 8.18. The summed E-state index contributed by atoms with van der Waals surface area (Å²) in [5, 5.41) is 3.75. The van der Waals surface area contributed by atoms with E-state index in [1.807, 2.05) is 12.1 Å². The van der Waals surface area contributed by atoms with E-state index in [0.29, 0.717) is 43.1 Å². The van der Waals surface area contributed by atoms with E-state index >= 15 is 0 Å². The van der Waals surface area contributed by atoms with Crippen LogP contribution in [0.1, 0.15) is 56.6 Å². The van der Waals surface area contributed by atoms with Gasteiger partial charge in [0.1, 0.15) is 12.4 Å². The quantitative estimate of drug-likeness (QED) is 0.340. The van der Waals surface area contributed by atoms with Crippen molar-refractivity contribution in [3.63, 3.8) is 0 Å². The van der Waals surface area contributed by atoms with E-state index in [-0.39, 0.29) is 30.1 Å². The van der Waals surface area contributed by atoms with Gasteiger partial charge in [0, 0.05) is 30.2 Å². The van der Waals surface area contributed by atoms with Crippen molar-refractivity contribution in [3.8, 4) is 5.75 Å². The Morgan fingerprint density at radius 1 is 1.05 bits per heavy atom. The number of methoxy groups -OCH3 is 1. The van der Waals surface area contributed by atoms with Gasteiger partial charge in [-0.05, 0) is 100.0 Å². The van der Waals surface area contributed by atoms with Crippen LogP contribution >= 0.6 is 11.6 Å². The summed E-state index contributed by atoms with van der Waals surface area (Å²) in [5.74, 6) is 1.66. The van der Waals surface area contributed by atoms with Gasteiger partial charge in [-0.3, -0.25) is 4.79 Å². The van der Waals surface area contributed by atoms with Gasteiger partial charge in [0.25, 0.3) is 0 Å². The number of benzene rings is 2. The molecule has 4 rings (SSSR count). The fourth-order valence-electron chi connectivity index (χ4n) is 6.37. The minimum atomic E-state index is -3.63. The summed E-state index contributed by atoms with van der Waals surface area (Å²) in [6, 6.07) is 14.7. The Hall–Kier alpha value is -2.17. The van der Waals surface area contributed by atoms with Crippen molar-refractivity contribution in [3.05, 3.63) is 59.1 Å². The monoisotopic (exact) mass is 605 g/mol. The predicted octanol–water partition coefficient (Wildman–Crippen LogP) is 5.13. The van der Waals surface area contributed by atoms with Crippen LogP contribution in [0, 0.1) is 11.8 Å². The Labute approximate surface area is 250 Å². The summed E-state index contributed by atoms with van der Waals surface area (Å²) < 4.78 is 38.6. The highest BCUT2D eigenvalue weighted by Gasteiger charge is 2.35. The molecule has 2 unspecified atom stereocenters. The van der Waals surface area contributed by atoms with Crippen LogP contribution in [0.25, 0.3) is 0 Å². The fraction of sp³-hybridized carbons (Fsp3) is 0.581. The van der Waals surface area contributed by atoms with Crippen LogP contribution in [0.15, 0.2) is 53.4 Å². The van der Waals surface area contributed by atoms with Crippen molar-refractivity contribution in [2.75, 3.05) is 47.5 Å². The van der Waals surface area contributed by atoms with Gasteiger partial charge in [-0.2, -0.15) is 4.31 Å². The number of ether oxygens (including phenoxy) is 2. The molecule has 1 amide bonds. The standard InChI is InChI=1S/C31H44ClN3O5S/c1-34(2)31(25-10-12-26(32)13-11-25)24-8-6-23(7-9-24)18-19-33-30(36)22-40-21-27-5-4-20-35(27)41(37,38)29-16-14-28(39-3)15-17-29/h10-17,23-24,27,31H,4-9,18-22H2,1-3H3,(H,33,36). The number of nitrogens with one attached hydrogen (secondary N) is 1. The predicted molar refractivity (Wildman–Crippen MR) is 162 cm³/mol. The van der Waals surface area contributed by atoms with Gasteiger partial charge in [-0.15, -0.1) is 0 Å². The largest absolute Gasteiger partial charge is 0.497 e. The van der Waals surface area contributed by atoms with Crippen LogP contribution < -0.4 is 10.1 Å². The first kappa shape index (κ1) is 31.8. The molecule has 10 heteroatoms. The molecule has 0 spiro atoms. The highest BCUT2D eigenvalue weighted by atomic mass is 35.5.